The van der Waals surface area contributed by atoms with Crippen LogP contribution in [0.4, 0.5) is 5.82 Å². The lowest BCUT2D eigenvalue weighted by molar-refractivity contribution is -0.115. The molecule has 0 saturated carbocycles. The fraction of sp³-hybridized carbons (Fsp3) is 0.200. The maximum absolute atomic E-state index is 12.4. The van der Waals surface area contributed by atoms with Crippen LogP contribution in [0.1, 0.15) is 22.4 Å². The molecule has 1 amide bonds. The molecule has 0 spiro atoms. The zero-order chi connectivity index (χ0) is 17.1. The summed E-state index contributed by atoms with van der Waals surface area (Å²) in [5.41, 5.74) is 6.26. The van der Waals surface area contributed by atoms with Crippen LogP contribution in [0.25, 0.3) is 11.1 Å². The molecule has 4 nitrogen and oxygen atoms in total. The fourth-order valence-electron chi connectivity index (χ4n) is 2.78. The van der Waals surface area contributed by atoms with Gasteiger partial charge in [-0.2, -0.15) is 5.10 Å². The third kappa shape index (κ3) is 3.54. The molecule has 0 bridgehead atoms. The van der Waals surface area contributed by atoms with Gasteiger partial charge in [-0.05, 0) is 31.9 Å². The molecule has 0 saturated heterocycles. The van der Waals surface area contributed by atoms with Crippen molar-refractivity contribution in [3.63, 3.8) is 0 Å². The standard InChI is InChI=1S/C20H21N3O/c1-13-7-9-17(10-8-13)19-15(3)22-23-20(19)21-18(24)12-16-6-4-5-14(2)11-16/h4-11H,12H2,1-3H3,(H2,21,22,23,24). The molecule has 0 aliphatic heterocycles. The first-order chi connectivity index (χ1) is 11.5. The van der Waals surface area contributed by atoms with Crippen LogP contribution in [0.5, 0.6) is 0 Å². The number of H-pyrrole nitrogens is 1. The Morgan fingerprint density at radius 3 is 2.50 bits per heavy atom. The van der Waals surface area contributed by atoms with Crippen molar-refractivity contribution < 1.29 is 4.79 Å². The number of aromatic nitrogens is 2. The Morgan fingerprint density at radius 2 is 1.79 bits per heavy atom. The summed E-state index contributed by atoms with van der Waals surface area (Å²) in [5.74, 6) is 0.509. The topological polar surface area (TPSA) is 57.8 Å². The van der Waals surface area contributed by atoms with Crippen molar-refractivity contribution >= 4 is 11.7 Å². The van der Waals surface area contributed by atoms with Crippen LogP contribution >= 0.6 is 0 Å². The number of nitrogens with one attached hydrogen (secondary N) is 2. The van der Waals surface area contributed by atoms with Crippen LogP contribution in [0, 0.1) is 20.8 Å². The number of amides is 1. The summed E-state index contributed by atoms with van der Waals surface area (Å²) < 4.78 is 0. The number of anilines is 1. The molecule has 24 heavy (non-hydrogen) atoms. The molecule has 0 unspecified atom stereocenters. The Kier molecular flexibility index (Phi) is 4.47. The first kappa shape index (κ1) is 16.0. The number of hydrogen-bond donors (Lipinski definition) is 2. The van der Waals surface area contributed by atoms with Crippen LogP contribution in [0.15, 0.2) is 48.5 Å². The van der Waals surface area contributed by atoms with E-state index in [1.165, 1.54) is 5.56 Å². The Balaban J connectivity index is 1.80. The summed E-state index contributed by atoms with van der Waals surface area (Å²) in [6, 6.07) is 16.2. The van der Waals surface area contributed by atoms with Gasteiger partial charge in [0.15, 0.2) is 5.82 Å². The van der Waals surface area contributed by atoms with E-state index in [0.717, 1.165) is 27.9 Å². The highest BCUT2D eigenvalue weighted by Gasteiger charge is 2.15. The highest BCUT2D eigenvalue weighted by atomic mass is 16.1. The maximum atomic E-state index is 12.4. The van der Waals surface area contributed by atoms with E-state index in [1.807, 2.05) is 50.2 Å². The Bertz CT molecular complexity index is 863. The quantitative estimate of drug-likeness (QED) is 0.758. The molecule has 4 heteroatoms. The predicted molar refractivity (Wildman–Crippen MR) is 97.0 cm³/mol. The maximum Gasteiger partial charge on any atom is 0.230 e. The van der Waals surface area contributed by atoms with E-state index in [-0.39, 0.29) is 5.91 Å². The summed E-state index contributed by atoms with van der Waals surface area (Å²) in [6.07, 6.45) is 0.334. The highest BCUT2D eigenvalue weighted by Crippen LogP contribution is 2.29. The van der Waals surface area contributed by atoms with Gasteiger partial charge in [0.05, 0.1) is 6.42 Å². The Hall–Kier alpha value is -2.88. The summed E-state index contributed by atoms with van der Waals surface area (Å²) in [6.45, 7) is 6.03. The minimum Gasteiger partial charge on any atom is -0.308 e. The molecule has 1 heterocycles. The second-order valence-electron chi connectivity index (χ2n) is 6.15. The second kappa shape index (κ2) is 6.71. The van der Waals surface area contributed by atoms with Gasteiger partial charge in [-0.1, -0.05) is 59.7 Å². The number of nitrogens with zero attached hydrogens (tertiary/aromatic N) is 1. The SMILES string of the molecule is Cc1ccc(-c2c(NC(=O)Cc3cccc(C)c3)n[nH]c2C)cc1. The number of rotatable bonds is 4. The van der Waals surface area contributed by atoms with E-state index in [4.69, 9.17) is 0 Å². The van der Waals surface area contributed by atoms with Gasteiger partial charge in [0, 0.05) is 11.3 Å². The van der Waals surface area contributed by atoms with Gasteiger partial charge in [0.1, 0.15) is 0 Å². The Morgan fingerprint density at radius 1 is 1.04 bits per heavy atom. The van der Waals surface area contributed by atoms with Crippen LogP contribution in [0.3, 0.4) is 0 Å². The van der Waals surface area contributed by atoms with Crippen molar-refractivity contribution in [2.75, 3.05) is 5.32 Å². The molecule has 0 aliphatic rings. The van der Waals surface area contributed by atoms with Crippen molar-refractivity contribution in [2.24, 2.45) is 0 Å². The van der Waals surface area contributed by atoms with Crippen LogP contribution in [-0.4, -0.2) is 16.1 Å². The normalized spacial score (nSPS) is 10.6. The van der Waals surface area contributed by atoms with Gasteiger partial charge in [-0.15, -0.1) is 0 Å². The van der Waals surface area contributed by atoms with E-state index in [0.29, 0.717) is 12.2 Å². The van der Waals surface area contributed by atoms with Crippen molar-refractivity contribution in [3.8, 4) is 11.1 Å². The van der Waals surface area contributed by atoms with Gasteiger partial charge >= 0.3 is 0 Å². The van der Waals surface area contributed by atoms with E-state index >= 15 is 0 Å². The summed E-state index contributed by atoms with van der Waals surface area (Å²) in [5, 5.41) is 10.2. The summed E-state index contributed by atoms with van der Waals surface area (Å²) in [7, 11) is 0. The number of aromatic amines is 1. The average Bonchev–Trinajstić information content (AvgIpc) is 2.89. The number of benzene rings is 2. The van der Waals surface area contributed by atoms with Crippen LogP contribution in [-0.2, 0) is 11.2 Å². The summed E-state index contributed by atoms with van der Waals surface area (Å²) in [4.78, 5) is 12.4. The molecule has 0 aliphatic carbocycles. The van der Waals surface area contributed by atoms with Gasteiger partial charge < -0.3 is 5.32 Å². The largest absolute Gasteiger partial charge is 0.308 e. The molecule has 0 fully saturated rings. The second-order valence-corrected chi connectivity index (χ2v) is 6.15. The highest BCUT2D eigenvalue weighted by molar-refractivity contribution is 5.95. The molecule has 2 N–H and O–H groups in total. The minimum absolute atomic E-state index is 0.0690. The molecule has 0 radical (unpaired) electrons. The predicted octanol–water partition coefficient (Wildman–Crippen LogP) is 4.18. The zero-order valence-electron chi connectivity index (χ0n) is 14.2. The number of hydrogen-bond acceptors (Lipinski definition) is 2. The molecule has 3 rings (SSSR count). The lowest BCUT2D eigenvalue weighted by Crippen LogP contribution is -2.15. The van der Waals surface area contributed by atoms with Crippen LogP contribution < -0.4 is 5.32 Å². The van der Waals surface area contributed by atoms with Gasteiger partial charge in [-0.3, -0.25) is 9.89 Å². The average molecular weight is 319 g/mol. The minimum atomic E-state index is -0.0690. The smallest absolute Gasteiger partial charge is 0.230 e. The van der Waals surface area contributed by atoms with Crippen molar-refractivity contribution in [1.29, 1.82) is 0 Å². The third-order valence-corrected chi connectivity index (χ3v) is 3.99. The number of carbonyl (C=O) groups is 1. The monoisotopic (exact) mass is 319 g/mol. The first-order valence-corrected chi connectivity index (χ1v) is 8.00. The molecule has 0 atom stereocenters. The Labute approximate surface area is 141 Å². The summed E-state index contributed by atoms with van der Waals surface area (Å²) >= 11 is 0. The van der Waals surface area contributed by atoms with Gasteiger partial charge in [0.2, 0.25) is 5.91 Å². The molecule has 2 aromatic carbocycles. The molecule has 122 valence electrons. The van der Waals surface area contributed by atoms with E-state index < -0.39 is 0 Å². The lowest BCUT2D eigenvalue weighted by Gasteiger charge is -2.07. The van der Waals surface area contributed by atoms with Crippen molar-refractivity contribution in [1.82, 2.24) is 10.2 Å². The van der Waals surface area contributed by atoms with Gasteiger partial charge in [0.25, 0.3) is 0 Å². The van der Waals surface area contributed by atoms with Crippen molar-refractivity contribution in [3.05, 3.63) is 70.9 Å². The van der Waals surface area contributed by atoms with Crippen molar-refractivity contribution in [2.45, 2.75) is 27.2 Å². The van der Waals surface area contributed by atoms with E-state index in [2.05, 4.69) is 34.6 Å². The van der Waals surface area contributed by atoms with E-state index in [9.17, 15) is 4.79 Å². The van der Waals surface area contributed by atoms with Crippen LogP contribution in [0.2, 0.25) is 0 Å². The van der Waals surface area contributed by atoms with Gasteiger partial charge in [-0.25, -0.2) is 0 Å². The molecule has 3 aromatic rings. The third-order valence-electron chi connectivity index (χ3n) is 3.99. The van der Waals surface area contributed by atoms with E-state index in [1.54, 1.807) is 0 Å². The number of carbonyl (C=O) groups excluding carboxylic acids is 1. The lowest BCUT2D eigenvalue weighted by atomic mass is 10.0. The number of aryl methyl sites for hydroxylation is 3. The first-order valence-electron chi connectivity index (χ1n) is 8.00. The molecular formula is C20H21N3O. The molecular weight excluding hydrogens is 298 g/mol. The zero-order valence-corrected chi connectivity index (χ0v) is 14.2. The fourth-order valence-corrected chi connectivity index (χ4v) is 2.78. The molecule has 1 aromatic heterocycles.